The maximum absolute atomic E-state index is 12.0. The number of urea groups is 1. The second kappa shape index (κ2) is 9.10. The van der Waals surface area contributed by atoms with Gasteiger partial charge in [-0.05, 0) is 37.2 Å². The molecule has 6 heteroatoms. The van der Waals surface area contributed by atoms with E-state index >= 15 is 0 Å². The van der Waals surface area contributed by atoms with Gasteiger partial charge in [-0.15, -0.1) is 0 Å². The molecule has 1 aliphatic rings. The number of thioether (sulfide) groups is 1. The summed E-state index contributed by atoms with van der Waals surface area (Å²) in [5.74, 6) is 0.270. The van der Waals surface area contributed by atoms with Crippen molar-refractivity contribution in [2.24, 2.45) is 5.92 Å². The van der Waals surface area contributed by atoms with E-state index in [2.05, 4.69) is 17.6 Å². The average Bonchev–Trinajstić information content (AvgIpc) is 2.43. The van der Waals surface area contributed by atoms with Crippen molar-refractivity contribution in [3.05, 3.63) is 0 Å². The summed E-state index contributed by atoms with van der Waals surface area (Å²) < 4.78 is 0. The number of carbonyl (C=O) groups is 2. The molecule has 20 heavy (non-hydrogen) atoms. The monoisotopic (exact) mass is 302 g/mol. The largest absolute Gasteiger partial charge is 0.480 e. The maximum atomic E-state index is 12.0. The molecule has 0 radical (unpaired) electrons. The Kier molecular flexibility index (Phi) is 7.80. The Hall–Kier alpha value is -0.910. The first-order chi connectivity index (χ1) is 9.58. The van der Waals surface area contributed by atoms with Crippen molar-refractivity contribution >= 4 is 23.8 Å². The Morgan fingerprint density at radius 1 is 1.35 bits per heavy atom. The Bertz CT molecular complexity index is 326. The minimum Gasteiger partial charge on any atom is -0.480 e. The normalized spacial score (nSPS) is 23.9. The summed E-state index contributed by atoms with van der Waals surface area (Å²) in [6, 6.07) is -0.960. The van der Waals surface area contributed by atoms with Crippen LogP contribution in [0.3, 0.4) is 0 Å². The number of hydrogen-bond donors (Lipinski definition) is 3. The highest BCUT2D eigenvalue weighted by atomic mass is 32.2. The number of carbonyl (C=O) groups excluding carboxylic acids is 1. The number of amides is 2. The summed E-state index contributed by atoms with van der Waals surface area (Å²) in [4.78, 5) is 23.1. The van der Waals surface area contributed by atoms with Crippen molar-refractivity contribution in [1.82, 2.24) is 10.6 Å². The van der Waals surface area contributed by atoms with E-state index in [0.29, 0.717) is 12.3 Å². The van der Waals surface area contributed by atoms with Gasteiger partial charge in [0, 0.05) is 6.04 Å². The molecule has 1 aliphatic carbocycles. The lowest BCUT2D eigenvalue weighted by atomic mass is 9.83. The van der Waals surface area contributed by atoms with Crippen LogP contribution in [-0.4, -0.2) is 41.2 Å². The summed E-state index contributed by atoms with van der Waals surface area (Å²) in [6.45, 7) is 2.14. The van der Waals surface area contributed by atoms with Crippen LogP contribution in [-0.2, 0) is 4.79 Å². The van der Waals surface area contributed by atoms with Gasteiger partial charge in [-0.25, -0.2) is 9.59 Å². The van der Waals surface area contributed by atoms with Gasteiger partial charge in [-0.1, -0.05) is 26.2 Å². The fourth-order valence-electron chi connectivity index (χ4n) is 2.75. The van der Waals surface area contributed by atoms with E-state index < -0.39 is 12.0 Å². The summed E-state index contributed by atoms with van der Waals surface area (Å²) in [5, 5.41) is 14.6. The molecule has 0 aromatic heterocycles. The topological polar surface area (TPSA) is 78.4 Å². The second-order valence-electron chi connectivity index (χ2n) is 5.35. The summed E-state index contributed by atoms with van der Waals surface area (Å²) in [6.07, 6.45) is 7.93. The van der Waals surface area contributed by atoms with E-state index in [0.717, 1.165) is 31.4 Å². The molecular formula is C14H26N2O3S. The molecule has 116 valence electrons. The third-order valence-corrected chi connectivity index (χ3v) is 4.61. The lowest BCUT2D eigenvalue weighted by molar-refractivity contribution is -0.139. The van der Waals surface area contributed by atoms with Gasteiger partial charge in [0.2, 0.25) is 0 Å². The molecule has 0 aromatic rings. The highest BCUT2D eigenvalue weighted by Gasteiger charge is 2.26. The van der Waals surface area contributed by atoms with Gasteiger partial charge in [0.25, 0.3) is 0 Å². The van der Waals surface area contributed by atoms with Crippen LogP contribution in [0.4, 0.5) is 4.79 Å². The number of hydrogen-bond acceptors (Lipinski definition) is 3. The number of carboxylic acid groups (broad SMARTS) is 1. The molecule has 5 nitrogen and oxygen atoms in total. The van der Waals surface area contributed by atoms with Crippen LogP contribution in [0.1, 0.15) is 45.4 Å². The minimum atomic E-state index is -0.968. The highest BCUT2D eigenvalue weighted by molar-refractivity contribution is 7.98. The molecule has 2 amide bonds. The number of rotatable bonds is 7. The van der Waals surface area contributed by atoms with Crippen LogP contribution < -0.4 is 10.6 Å². The molecule has 0 bridgehead atoms. The second-order valence-corrected chi connectivity index (χ2v) is 6.33. The van der Waals surface area contributed by atoms with Crippen molar-refractivity contribution in [3.8, 4) is 0 Å². The van der Waals surface area contributed by atoms with Crippen molar-refractivity contribution in [3.63, 3.8) is 0 Å². The Morgan fingerprint density at radius 2 is 2.05 bits per heavy atom. The highest BCUT2D eigenvalue weighted by Crippen LogP contribution is 2.26. The molecule has 0 saturated heterocycles. The van der Waals surface area contributed by atoms with Crippen LogP contribution >= 0.6 is 11.8 Å². The van der Waals surface area contributed by atoms with E-state index in [1.54, 1.807) is 11.8 Å². The third-order valence-electron chi connectivity index (χ3n) is 3.96. The Balaban J connectivity index is 2.45. The summed E-state index contributed by atoms with van der Waals surface area (Å²) in [5.41, 5.74) is 0. The molecule has 1 saturated carbocycles. The minimum absolute atomic E-state index is 0.184. The van der Waals surface area contributed by atoms with Gasteiger partial charge >= 0.3 is 12.0 Å². The summed E-state index contributed by atoms with van der Waals surface area (Å²) in [7, 11) is 0. The molecule has 0 aliphatic heterocycles. The van der Waals surface area contributed by atoms with Gasteiger partial charge in [0.05, 0.1) is 0 Å². The fraction of sp³-hybridized carbons (Fsp3) is 0.857. The van der Waals surface area contributed by atoms with E-state index in [-0.39, 0.29) is 12.1 Å². The zero-order chi connectivity index (χ0) is 15.0. The summed E-state index contributed by atoms with van der Waals surface area (Å²) >= 11 is 1.58. The smallest absolute Gasteiger partial charge is 0.326 e. The van der Waals surface area contributed by atoms with Gasteiger partial charge in [0.15, 0.2) is 0 Å². The predicted molar refractivity (Wildman–Crippen MR) is 82.1 cm³/mol. The maximum Gasteiger partial charge on any atom is 0.326 e. The average molecular weight is 302 g/mol. The lowest BCUT2D eigenvalue weighted by Crippen LogP contribution is -2.51. The van der Waals surface area contributed by atoms with Gasteiger partial charge in [-0.2, -0.15) is 11.8 Å². The molecule has 1 fully saturated rings. The molecule has 3 unspecified atom stereocenters. The first-order valence-electron chi connectivity index (χ1n) is 7.37. The Morgan fingerprint density at radius 3 is 2.65 bits per heavy atom. The van der Waals surface area contributed by atoms with Crippen LogP contribution in [0.2, 0.25) is 0 Å². The van der Waals surface area contributed by atoms with E-state index in [9.17, 15) is 9.59 Å². The van der Waals surface area contributed by atoms with Gasteiger partial charge < -0.3 is 15.7 Å². The van der Waals surface area contributed by atoms with Gasteiger partial charge in [0.1, 0.15) is 6.04 Å². The predicted octanol–water partition coefficient (Wildman–Crippen LogP) is 2.46. The quantitative estimate of drug-likeness (QED) is 0.675. The van der Waals surface area contributed by atoms with E-state index in [4.69, 9.17) is 5.11 Å². The van der Waals surface area contributed by atoms with E-state index in [1.165, 1.54) is 6.42 Å². The van der Waals surface area contributed by atoms with Crippen molar-refractivity contribution in [2.75, 3.05) is 12.0 Å². The molecular weight excluding hydrogens is 276 g/mol. The third kappa shape index (κ3) is 5.61. The van der Waals surface area contributed by atoms with Crippen LogP contribution in [0, 0.1) is 5.92 Å². The van der Waals surface area contributed by atoms with Crippen molar-refractivity contribution in [2.45, 2.75) is 57.5 Å². The molecule has 0 aromatic carbocycles. The standard InChI is InChI=1S/C14H26N2O3S/c1-3-10-6-4-5-7-11(10)15-14(19)16-12(13(17)18)8-9-20-2/h10-12H,3-9H2,1-2H3,(H,17,18)(H2,15,16,19). The van der Waals surface area contributed by atoms with Crippen molar-refractivity contribution < 1.29 is 14.7 Å². The zero-order valence-electron chi connectivity index (χ0n) is 12.4. The first-order valence-corrected chi connectivity index (χ1v) is 8.76. The van der Waals surface area contributed by atoms with Crippen LogP contribution in [0.5, 0.6) is 0 Å². The number of nitrogens with one attached hydrogen (secondary N) is 2. The fourth-order valence-corrected chi connectivity index (χ4v) is 3.22. The van der Waals surface area contributed by atoms with Crippen molar-refractivity contribution in [1.29, 1.82) is 0 Å². The molecule has 1 rings (SSSR count). The number of carboxylic acids is 1. The molecule has 3 atom stereocenters. The first kappa shape index (κ1) is 17.1. The molecule has 0 spiro atoms. The Labute approximate surface area is 125 Å². The van der Waals surface area contributed by atoms with Gasteiger partial charge in [-0.3, -0.25) is 0 Å². The SMILES string of the molecule is CCC1CCCCC1NC(=O)NC(CCSC)C(=O)O. The lowest BCUT2D eigenvalue weighted by Gasteiger charge is -2.31. The van der Waals surface area contributed by atoms with E-state index in [1.807, 2.05) is 6.26 Å². The number of aliphatic carboxylic acids is 1. The molecule has 0 heterocycles. The van der Waals surface area contributed by atoms with Crippen LogP contribution in [0.15, 0.2) is 0 Å². The zero-order valence-corrected chi connectivity index (χ0v) is 13.2. The van der Waals surface area contributed by atoms with Crippen LogP contribution in [0.25, 0.3) is 0 Å². The molecule has 3 N–H and O–H groups in total.